The summed E-state index contributed by atoms with van der Waals surface area (Å²) < 4.78 is 53.5. The van der Waals surface area contributed by atoms with Gasteiger partial charge in [0.1, 0.15) is 6.61 Å². The van der Waals surface area contributed by atoms with Crippen molar-refractivity contribution < 1.29 is 22.3 Å². The van der Waals surface area contributed by atoms with Crippen LogP contribution >= 0.6 is 0 Å². The largest absolute Gasteiger partial charge is 0.373 e. The lowest BCUT2D eigenvalue weighted by molar-refractivity contribution is -0.166. The summed E-state index contributed by atoms with van der Waals surface area (Å²) in [4.78, 5) is 0. The molecular weight excluding hydrogens is 262 g/mol. The Labute approximate surface area is 109 Å². The number of ether oxygens (including phenoxy) is 1. The van der Waals surface area contributed by atoms with Crippen molar-refractivity contribution >= 4 is 0 Å². The van der Waals surface area contributed by atoms with Crippen LogP contribution in [0, 0.1) is 6.92 Å². The summed E-state index contributed by atoms with van der Waals surface area (Å²) in [6, 6.07) is 7.01. The smallest absolute Gasteiger partial charge is 0.330 e. The fraction of sp³-hybridized carbons (Fsp3) is 0.538. The molecule has 0 aliphatic heterocycles. The Balaban J connectivity index is 2.37. The van der Waals surface area contributed by atoms with E-state index in [1.807, 2.05) is 31.2 Å². The summed E-state index contributed by atoms with van der Waals surface area (Å²) in [5, 5.41) is 0. The van der Waals surface area contributed by atoms with Crippen LogP contribution in [0.15, 0.2) is 24.3 Å². The van der Waals surface area contributed by atoms with Crippen molar-refractivity contribution in [2.75, 3.05) is 13.2 Å². The minimum atomic E-state index is -4.12. The summed E-state index contributed by atoms with van der Waals surface area (Å²) in [6.07, 6.45) is -3.27. The molecule has 0 aliphatic rings. The van der Waals surface area contributed by atoms with Gasteiger partial charge in [-0.2, -0.15) is 8.78 Å². The monoisotopic (exact) mass is 279 g/mol. The third kappa shape index (κ3) is 5.16. The van der Waals surface area contributed by atoms with Gasteiger partial charge in [-0.05, 0) is 24.5 Å². The van der Waals surface area contributed by atoms with Gasteiger partial charge in [-0.15, -0.1) is 0 Å². The molecule has 0 aromatic heterocycles. The first-order valence-corrected chi connectivity index (χ1v) is 5.86. The second-order valence-electron chi connectivity index (χ2n) is 4.47. The zero-order valence-corrected chi connectivity index (χ0v) is 10.6. The van der Waals surface area contributed by atoms with Crippen LogP contribution in [-0.4, -0.2) is 31.6 Å². The number of alkyl halides is 4. The Kier molecular flexibility index (Phi) is 5.75. The van der Waals surface area contributed by atoms with E-state index in [0.29, 0.717) is 6.42 Å². The van der Waals surface area contributed by atoms with Gasteiger partial charge in [0.15, 0.2) is 0 Å². The van der Waals surface area contributed by atoms with Crippen molar-refractivity contribution in [2.24, 2.45) is 5.73 Å². The van der Waals surface area contributed by atoms with Gasteiger partial charge in [0.05, 0.1) is 6.61 Å². The predicted molar refractivity (Wildman–Crippen MR) is 64.6 cm³/mol. The first-order chi connectivity index (χ1) is 8.83. The molecule has 0 heterocycles. The maximum Gasteiger partial charge on any atom is 0.330 e. The first-order valence-electron chi connectivity index (χ1n) is 5.86. The Hall–Kier alpha value is -1.14. The molecule has 0 radical (unpaired) electrons. The van der Waals surface area contributed by atoms with Crippen LogP contribution in [0.5, 0.6) is 0 Å². The quantitative estimate of drug-likeness (QED) is 0.779. The maximum absolute atomic E-state index is 12.6. The van der Waals surface area contributed by atoms with E-state index in [-0.39, 0.29) is 6.61 Å². The van der Waals surface area contributed by atoms with Crippen LogP contribution in [0.2, 0.25) is 0 Å². The highest BCUT2D eigenvalue weighted by atomic mass is 19.3. The van der Waals surface area contributed by atoms with Gasteiger partial charge in [-0.3, -0.25) is 0 Å². The molecule has 1 atom stereocenters. The van der Waals surface area contributed by atoms with Crippen molar-refractivity contribution in [2.45, 2.75) is 31.7 Å². The van der Waals surface area contributed by atoms with Crippen molar-refractivity contribution in [3.63, 3.8) is 0 Å². The molecule has 19 heavy (non-hydrogen) atoms. The molecule has 1 rings (SSSR count). The summed E-state index contributed by atoms with van der Waals surface area (Å²) >= 11 is 0. The highest BCUT2D eigenvalue weighted by Crippen LogP contribution is 2.22. The van der Waals surface area contributed by atoms with E-state index in [4.69, 9.17) is 5.73 Å². The van der Waals surface area contributed by atoms with Crippen LogP contribution in [0.3, 0.4) is 0 Å². The van der Waals surface area contributed by atoms with E-state index in [9.17, 15) is 17.6 Å². The van der Waals surface area contributed by atoms with Crippen LogP contribution < -0.4 is 5.73 Å². The maximum atomic E-state index is 12.6. The Morgan fingerprint density at radius 3 is 2.47 bits per heavy atom. The highest BCUT2D eigenvalue weighted by molar-refractivity contribution is 5.26. The van der Waals surface area contributed by atoms with E-state index in [1.54, 1.807) is 0 Å². The van der Waals surface area contributed by atoms with Gasteiger partial charge in [0, 0.05) is 6.04 Å². The summed E-state index contributed by atoms with van der Waals surface area (Å²) in [5.41, 5.74) is 7.75. The Morgan fingerprint density at radius 2 is 1.89 bits per heavy atom. The van der Waals surface area contributed by atoms with E-state index < -0.39 is 25.0 Å². The molecule has 0 fully saturated rings. The van der Waals surface area contributed by atoms with Crippen LogP contribution in [0.25, 0.3) is 0 Å². The van der Waals surface area contributed by atoms with Crippen LogP contribution in [0.1, 0.15) is 11.1 Å². The number of rotatable bonds is 7. The van der Waals surface area contributed by atoms with E-state index in [1.165, 1.54) is 0 Å². The van der Waals surface area contributed by atoms with Crippen LogP contribution in [0.4, 0.5) is 17.6 Å². The highest BCUT2D eigenvalue weighted by Gasteiger charge is 2.41. The molecule has 108 valence electrons. The van der Waals surface area contributed by atoms with Crippen molar-refractivity contribution in [3.05, 3.63) is 35.4 Å². The molecule has 0 amide bonds. The fourth-order valence-corrected chi connectivity index (χ4v) is 1.59. The van der Waals surface area contributed by atoms with E-state index >= 15 is 0 Å². The fourth-order valence-electron chi connectivity index (χ4n) is 1.59. The number of benzene rings is 1. The molecule has 0 bridgehead atoms. The molecule has 2 N–H and O–H groups in total. The average Bonchev–Trinajstić information content (AvgIpc) is 2.31. The Bertz CT molecular complexity index is 398. The summed E-state index contributed by atoms with van der Waals surface area (Å²) in [7, 11) is 0. The number of hydrogen-bond acceptors (Lipinski definition) is 2. The van der Waals surface area contributed by atoms with Crippen LogP contribution in [-0.2, 0) is 11.2 Å². The molecule has 0 aliphatic carbocycles. The number of nitrogens with two attached hydrogens (primary N) is 1. The van der Waals surface area contributed by atoms with Crippen molar-refractivity contribution in [1.29, 1.82) is 0 Å². The molecule has 1 aromatic carbocycles. The number of hydrogen-bond donors (Lipinski definition) is 1. The molecule has 0 saturated heterocycles. The van der Waals surface area contributed by atoms with Gasteiger partial charge in [-0.1, -0.05) is 24.3 Å². The third-order valence-electron chi connectivity index (χ3n) is 2.69. The zero-order chi connectivity index (χ0) is 14.5. The lowest BCUT2D eigenvalue weighted by Crippen LogP contribution is -2.36. The first kappa shape index (κ1) is 15.9. The lowest BCUT2D eigenvalue weighted by atomic mass is 10.0. The number of halogens is 4. The molecule has 2 nitrogen and oxygen atoms in total. The van der Waals surface area contributed by atoms with Gasteiger partial charge >= 0.3 is 12.3 Å². The lowest BCUT2D eigenvalue weighted by Gasteiger charge is -2.18. The minimum absolute atomic E-state index is 0.184. The molecule has 1 aromatic rings. The van der Waals surface area contributed by atoms with Gasteiger partial charge in [0.25, 0.3) is 0 Å². The van der Waals surface area contributed by atoms with Gasteiger partial charge < -0.3 is 10.5 Å². The van der Waals surface area contributed by atoms with Crippen molar-refractivity contribution in [3.8, 4) is 0 Å². The zero-order valence-electron chi connectivity index (χ0n) is 10.6. The summed E-state index contributed by atoms with van der Waals surface area (Å²) in [5.74, 6) is -4.12. The van der Waals surface area contributed by atoms with Gasteiger partial charge in [-0.25, -0.2) is 8.78 Å². The molecule has 1 unspecified atom stereocenters. The molecule has 0 saturated carbocycles. The molecule has 0 spiro atoms. The van der Waals surface area contributed by atoms with Crippen molar-refractivity contribution in [1.82, 2.24) is 0 Å². The topological polar surface area (TPSA) is 35.2 Å². The van der Waals surface area contributed by atoms with Gasteiger partial charge in [0.2, 0.25) is 0 Å². The minimum Gasteiger partial charge on any atom is -0.373 e. The average molecular weight is 279 g/mol. The number of aryl methyl sites for hydroxylation is 1. The normalized spacial score (nSPS) is 13.8. The third-order valence-corrected chi connectivity index (χ3v) is 2.69. The summed E-state index contributed by atoms with van der Waals surface area (Å²) in [6.45, 7) is 0.413. The second kappa shape index (κ2) is 6.86. The predicted octanol–water partition coefficient (Wildman–Crippen LogP) is 2.78. The van der Waals surface area contributed by atoms with E-state index in [0.717, 1.165) is 11.1 Å². The molecular formula is C13H17F4NO. The SMILES string of the molecule is Cc1ccccc1CC(N)COCC(F)(F)C(F)F. The second-order valence-corrected chi connectivity index (χ2v) is 4.47. The Morgan fingerprint density at radius 1 is 1.26 bits per heavy atom. The molecule has 6 heteroatoms. The standard InChI is InChI=1S/C13H17F4NO/c1-9-4-2-3-5-10(9)6-11(18)7-19-8-13(16,17)12(14)15/h2-5,11-12H,6-8,18H2,1H3. The van der Waals surface area contributed by atoms with E-state index in [2.05, 4.69) is 4.74 Å².